The Hall–Kier alpha value is -3.42. The van der Waals surface area contributed by atoms with Crippen molar-refractivity contribution in [3.63, 3.8) is 0 Å². The number of nitriles is 1. The first-order valence-corrected chi connectivity index (χ1v) is 10.9. The van der Waals surface area contributed by atoms with Gasteiger partial charge in [-0.25, -0.2) is 17.9 Å². The normalized spacial score (nSPS) is 14.2. The minimum atomic E-state index is -3.87. The number of carbonyl (C=O) groups is 2. The molecule has 1 aliphatic rings. The predicted molar refractivity (Wildman–Crippen MR) is 111 cm³/mol. The lowest BCUT2D eigenvalue weighted by Crippen LogP contribution is -2.30. The largest absolute Gasteiger partial charge is 0.495 e. The zero-order valence-electron chi connectivity index (χ0n) is 16.9. The number of ether oxygens (including phenoxy) is 2. The van der Waals surface area contributed by atoms with Gasteiger partial charge in [-0.3, -0.25) is 4.79 Å². The van der Waals surface area contributed by atoms with Gasteiger partial charge in [-0.15, -0.1) is 0 Å². The van der Waals surface area contributed by atoms with Crippen LogP contribution in [-0.2, 0) is 19.6 Å². The van der Waals surface area contributed by atoms with Gasteiger partial charge in [0.05, 0.1) is 24.3 Å². The number of anilines is 1. The van der Waals surface area contributed by atoms with Crippen LogP contribution in [0.2, 0.25) is 0 Å². The molecule has 2 aromatic rings. The van der Waals surface area contributed by atoms with Crippen LogP contribution in [0.25, 0.3) is 0 Å². The van der Waals surface area contributed by atoms with Crippen molar-refractivity contribution in [2.45, 2.75) is 36.8 Å². The summed E-state index contributed by atoms with van der Waals surface area (Å²) in [7, 11) is -2.54. The third-order valence-corrected chi connectivity index (χ3v) is 6.06. The van der Waals surface area contributed by atoms with E-state index in [2.05, 4.69) is 10.0 Å². The number of carbonyl (C=O) groups excluding carboxylic acids is 2. The Morgan fingerprint density at radius 2 is 1.84 bits per heavy atom. The molecule has 1 fully saturated rings. The van der Waals surface area contributed by atoms with Crippen LogP contribution in [0.1, 0.15) is 35.7 Å². The summed E-state index contributed by atoms with van der Waals surface area (Å²) in [5, 5.41) is 11.4. The van der Waals surface area contributed by atoms with E-state index in [4.69, 9.17) is 14.7 Å². The molecular formula is C21H21N3O6S. The van der Waals surface area contributed by atoms with Crippen LogP contribution in [0, 0.1) is 11.3 Å². The summed E-state index contributed by atoms with van der Waals surface area (Å²) < 4.78 is 38.0. The van der Waals surface area contributed by atoms with Crippen molar-refractivity contribution in [3.05, 3.63) is 53.6 Å². The predicted octanol–water partition coefficient (Wildman–Crippen LogP) is 2.19. The molecule has 10 heteroatoms. The lowest BCUT2D eigenvalue weighted by Gasteiger charge is -2.15. The summed E-state index contributed by atoms with van der Waals surface area (Å²) in [5.74, 6) is -1.33. The van der Waals surface area contributed by atoms with Crippen LogP contribution in [0.4, 0.5) is 5.69 Å². The number of sulfonamides is 1. The van der Waals surface area contributed by atoms with Crippen molar-refractivity contribution in [3.8, 4) is 11.8 Å². The van der Waals surface area contributed by atoms with E-state index < -0.39 is 28.0 Å². The molecule has 0 aliphatic heterocycles. The third kappa shape index (κ3) is 5.59. The van der Waals surface area contributed by atoms with Gasteiger partial charge in [0, 0.05) is 11.7 Å². The standard InChI is InChI=1S/C21H21N3O6S/c1-13(20(25)23-16-6-3-14(12-22)4-7-16)30-21(26)15-5-10-18(29-2)19(11-15)31(27,28)24-17-8-9-17/h3-7,10-11,13,17,24H,8-9H2,1-2H3,(H,23,25). The maximum atomic E-state index is 12.6. The van der Waals surface area contributed by atoms with Crippen molar-refractivity contribution < 1.29 is 27.5 Å². The number of methoxy groups -OCH3 is 1. The van der Waals surface area contributed by atoms with E-state index in [1.807, 2.05) is 6.07 Å². The molecule has 0 bridgehead atoms. The number of nitrogens with one attached hydrogen (secondary N) is 2. The number of rotatable bonds is 8. The first-order chi connectivity index (χ1) is 14.7. The highest BCUT2D eigenvalue weighted by molar-refractivity contribution is 7.89. The minimum Gasteiger partial charge on any atom is -0.495 e. The second-order valence-corrected chi connectivity index (χ2v) is 8.67. The molecule has 162 valence electrons. The fraction of sp³-hybridized carbons (Fsp3) is 0.286. The van der Waals surface area contributed by atoms with E-state index in [9.17, 15) is 18.0 Å². The van der Waals surface area contributed by atoms with E-state index in [1.165, 1.54) is 26.2 Å². The van der Waals surface area contributed by atoms with Crippen molar-refractivity contribution in [1.82, 2.24) is 4.72 Å². The van der Waals surface area contributed by atoms with Crippen LogP contribution < -0.4 is 14.8 Å². The Labute approximate surface area is 180 Å². The monoisotopic (exact) mass is 443 g/mol. The molecule has 1 amide bonds. The molecular weight excluding hydrogens is 422 g/mol. The molecule has 9 nitrogen and oxygen atoms in total. The first-order valence-electron chi connectivity index (χ1n) is 9.46. The minimum absolute atomic E-state index is 0.0324. The first kappa shape index (κ1) is 22.3. The zero-order chi connectivity index (χ0) is 22.6. The molecule has 1 unspecified atom stereocenters. The molecule has 0 spiro atoms. The summed E-state index contributed by atoms with van der Waals surface area (Å²) >= 11 is 0. The van der Waals surface area contributed by atoms with Crippen molar-refractivity contribution in [2.24, 2.45) is 0 Å². The molecule has 2 N–H and O–H groups in total. The van der Waals surface area contributed by atoms with Crippen LogP contribution in [0.3, 0.4) is 0 Å². The van der Waals surface area contributed by atoms with E-state index in [-0.39, 0.29) is 22.3 Å². The third-order valence-electron chi connectivity index (χ3n) is 4.52. The van der Waals surface area contributed by atoms with Crippen LogP contribution in [-0.4, -0.2) is 39.5 Å². The van der Waals surface area contributed by atoms with E-state index in [0.717, 1.165) is 18.9 Å². The molecule has 1 saturated carbocycles. The van der Waals surface area contributed by atoms with Gasteiger partial charge in [0.2, 0.25) is 10.0 Å². The summed E-state index contributed by atoms with van der Waals surface area (Å²) in [6.45, 7) is 1.40. The molecule has 0 radical (unpaired) electrons. The lowest BCUT2D eigenvalue weighted by molar-refractivity contribution is -0.123. The van der Waals surface area contributed by atoms with Crippen molar-refractivity contribution >= 4 is 27.6 Å². The van der Waals surface area contributed by atoms with Crippen molar-refractivity contribution in [2.75, 3.05) is 12.4 Å². The van der Waals surface area contributed by atoms with Gasteiger partial charge < -0.3 is 14.8 Å². The van der Waals surface area contributed by atoms with Gasteiger partial charge in [0.1, 0.15) is 10.6 Å². The number of esters is 1. The Morgan fingerprint density at radius 1 is 1.16 bits per heavy atom. The van der Waals surface area contributed by atoms with Gasteiger partial charge in [-0.05, 0) is 62.2 Å². The number of amides is 1. The Morgan fingerprint density at radius 3 is 2.42 bits per heavy atom. The Balaban J connectivity index is 1.70. The number of benzene rings is 2. The Bertz CT molecular complexity index is 1130. The topological polar surface area (TPSA) is 135 Å². The molecule has 31 heavy (non-hydrogen) atoms. The fourth-order valence-corrected chi connectivity index (χ4v) is 4.15. The molecule has 0 heterocycles. The highest BCUT2D eigenvalue weighted by Crippen LogP contribution is 2.28. The zero-order valence-corrected chi connectivity index (χ0v) is 17.7. The summed E-state index contributed by atoms with van der Waals surface area (Å²) in [6.07, 6.45) is 0.375. The average molecular weight is 443 g/mol. The van der Waals surface area contributed by atoms with Gasteiger partial charge in [-0.2, -0.15) is 5.26 Å². The number of hydrogen-bond acceptors (Lipinski definition) is 7. The fourth-order valence-electron chi connectivity index (χ4n) is 2.65. The highest BCUT2D eigenvalue weighted by atomic mass is 32.2. The number of nitrogens with zero attached hydrogens (tertiary/aromatic N) is 1. The summed E-state index contributed by atoms with van der Waals surface area (Å²) in [4.78, 5) is 24.6. The van der Waals surface area contributed by atoms with Gasteiger partial charge in [0.15, 0.2) is 6.10 Å². The summed E-state index contributed by atoms with van der Waals surface area (Å²) in [6, 6.07) is 11.9. The number of hydrogen-bond donors (Lipinski definition) is 2. The van der Waals surface area contributed by atoms with E-state index in [0.29, 0.717) is 11.3 Å². The van der Waals surface area contributed by atoms with Gasteiger partial charge >= 0.3 is 5.97 Å². The molecule has 3 rings (SSSR count). The molecule has 1 atom stereocenters. The van der Waals surface area contributed by atoms with Crippen LogP contribution >= 0.6 is 0 Å². The molecule has 2 aromatic carbocycles. The Kier molecular flexibility index (Phi) is 6.58. The molecule has 1 aliphatic carbocycles. The second-order valence-electron chi connectivity index (χ2n) is 6.99. The molecule has 0 aromatic heterocycles. The van der Waals surface area contributed by atoms with Gasteiger partial charge in [0.25, 0.3) is 5.91 Å². The maximum Gasteiger partial charge on any atom is 0.338 e. The van der Waals surface area contributed by atoms with Crippen LogP contribution in [0.15, 0.2) is 47.4 Å². The SMILES string of the molecule is COc1ccc(C(=O)OC(C)C(=O)Nc2ccc(C#N)cc2)cc1S(=O)(=O)NC1CC1. The maximum absolute atomic E-state index is 12.6. The quantitative estimate of drug-likeness (QED) is 0.597. The lowest BCUT2D eigenvalue weighted by atomic mass is 10.2. The van der Waals surface area contributed by atoms with Crippen molar-refractivity contribution in [1.29, 1.82) is 5.26 Å². The van der Waals surface area contributed by atoms with Gasteiger partial charge in [-0.1, -0.05) is 0 Å². The smallest absolute Gasteiger partial charge is 0.338 e. The van der Waals surface area contributed by atoms with Crippen LogP contribution in [0.5, 0.6) is 5.75 Å². The average Bonchev–Trinajstić information content (AvgIpc) is 3.57. The second kappa shape index (κ2) is 9.16. The van der Waals surface area contributed by atoms with E-state index in [1.54, 1.807) is 24.3 Å². The highest BCUT2D eigenvalue weighted by Gasteiger charge is 2.31. The van der Waals surface area contributed by atoms with E-state index >= 15 is 0 Å². The molecule has 0 saturated heterocycles. The summed E-state index contributed by atoms with van der Waals surface area (Å²) in [5.41, 5.74) is 0.852.